The first kappa shape index (κ1) is 20.3. The second-order valence-electron chi connectivity index (χ2n) is 7.30. The Morgan fingerprint density at radius 3 is 2.89 bits per heavy atom. The van der Waals surface area contributed by atoms with Crippen molar-refractivity contribution in [2.45, 2.75) is 57.7 Å². The van der Waals surface area contributed by atoms with Crippen molar-refractivity contribution in [1.29, 1.82) is 0 Å². The molecule has 4 rings (SSSR count). The highest BCUT2D eigenvalue weighted by Crippen LogP contribution is 2.26. The standard InChI is InChI=1S/C19H29N7.HI/c1-2-20-19(21-13-18-24-23-17-9-5-6-11-26(17)18)22-15-10-12-25(14-15)16-7-3-4-8-16;/h5-6,9,11,15-16H,2-4,7-8,10,12-14H2,1H3,(H2,20,21,22);1H. The zero-order valence-corrected chi connectivity index (χ0v) is 18.3. The summed E-state index contributed by atoms with van der Waals surface area (Å²) in [6.07, 6.45) is 8.72. The van der Waals surface area contributed by atoms with Crippen LogP contribution in [0.3, 0.4) is 0 Å². The predicted molar refractivity (Wildman–Crippen MR) is 119 cm³/mol. The lowest BCUT2D eigenvalue weighted by Crippen LogP contribution is -2.45. The van der Waals surface area contributed by atoms with Gasteiger partial charge in [0.25, 0.3) is 0 Å². The number of nitrogens with zero attached hydrogens (tertiary/aromatic N) is 5. The third-order valence-corrected chi connectivity index (χ3v) is 5.51. The topological polar surface area (TPSA) is 69.8 Å². The maximum absolute atomic E-state index is 4.74. The van der Waals surface area contributed by atoms with E-state index >= 15 is 0 Å². The Labute approximate surface area is 178 Å². The van der Waals surface area contributed by atoms with E-state index in [1.807, 2.05) is 28.8 Å². The van der Waals surface area contributed by atoms with Crippen molar-refractivity contribution in [3.8, 4) is 0 Å². The van der Waals surface area contributed by atoms with Crippen molar-refractivity contribution in [3.63, 3.8) is 0 Å². The van der Waals surface area contributed by atoms with E-state index in [4.69, 9.17) is 4.99 Å². The predicted octanol–water partition coefficient (Wildman–Crippen LogP) is 2.42. The molecule has 1 saturated heterocycles. The van der Waals surface area contributed by atoms with Gasteiger partial charge in [-0.05, 0) is 38.3 Å². The Morgan fingerprint density at radius 1 is 1.22 bits per heavy atom. The van der Waals surface area contributed by atoms with Crippen LogP contribution in [0, 0.1) is 0 Å². The van der Waals surface area contributed by atoms with Crippen LogP contribution < -0.4 is 10.6 Å². The highest BCUT2D eigenvalue weighted by molar-refractivity contribution is 14.0. The third-order valence-electron chi connectivity index (χ3n) is 5.51. The van der Waals surface area contributed by atoms with Crippen LogP contribution in [0.25, 0.3) is 5.65 Å². The molecule has 2 aromatic rings. The van der Waals surface area contributed by atoms with E-state index in [2.05, 4.69) is 32.7 Å². The van der Waals surface area contributed by atoms with Gasteiger partial charge in [-0.1, -0.05) is 18.9 Å². The summed E-state index contributed by atoms with van der Waals surface area (Å²) in [5, 5.41) is 15.4. The van der Waals surface area contributed by atoms with Crippen molar-refractivity contribution < 1.29 is 0 Å². The van der Waals surface area contributed by atoms with Crippen molar-refractivity contribution in [3.05, 3.63) is 30.2 Å². The summed E-state index contributed by atoms with van der Waals surface area (Å²) in [5.41, 5.74) is 0.860. The number of nitrogens with one attached hydrogen (secondary N) is 2. The number of fused-ring (bicyclic) bond motifs is 1. The molecule has 1 saturated carbocycles. The number of halogens is 1. The summed E-state index contributed by atoms with van der Waals surface area (Å²) in [6.45, 7) is 5.80. The lowest BCUT2D eigenvalue weighted by atomic mass is 10.2. The summed E-state index contributed by atoms with van der Waals surface area (Å²) in [4.78, 5) is 7.41. The Morgan fingerprint density at radius 2 is 2.07 bits per heavy atom. The normalized spacial score (nSPS) is 21.5. The number of aromatic nitrogens is 3. The highest BCUT2D eigenvalue weighted by atomic mass is 127. The van der Waals surface area contributed by atoms with Gasteiger partial charge < -0.3 is 10.6 Å². The summed E-state index contributed by atoms with van der Waals surface area (Å²) >= 11 is 0. The van der Waals surface area contributed by atoms with Crippen LogP contribution in [0.5, 0.6) is 0 Å². The molecular formula is C19H30IN7. The van der Waals surface area contributed by atoms with Gasteiger partial charge in [0.15, 0.2) is 17.4 Å². The van der Waals surface area contributed by atoms with Crippen LogP contribution in [0.15, 0.2) is 29.4 Å². The van der Waals surface area contributed by atoms with Crippen LogP contribution in [0.2, 0.25) is 0 Å². The minimum Gasteiger partial charge on any atom is -0.357 e. The monoisotopic (exact) mass is 483 g/mol. The Balaban J connectivity index is 0.00000210. The number of hydrogen-bond acceptors (Lipinski definition) is 4. The van der Waals surface area contributed by atoms with Crippen LogP contribution in [0.1, 0.15) is 44.9 Å². The maximum atomic E-state index is 4.74. The second kappa shape index (κ2) is 9.68. The first-order chi connectivity index (χ1) is 12.8. The van der Waals surface area contributed by atoms with Gasteiger partial charge in [0.2, 0.25) is 0 Å². The van der Waals surface area contributed by atoms with Crippen LogP contribution in [0.4, 0.5) is 0 Å². The molecule has 2 N–H and O–H groups in total. The number of rotatable bonds is 5. The van der Waals surface area contributed by atoms with Crippen molar-refractivity contribution in [2.75, 3.05) is 19.6 Å². The molecule has 2 aromatic heterocycles. The minimum atomic E-state index is 0. The molecule has 1 atom stereocenters. The first-order valence-corrected chi connectivity index (χ1v) is 9.91. The Kier molecular flexibility index (Phi) is 7.28. The molecule has 8 heteroatoms. The second-order valence-corrected chi connectivity index (χ2v) is 7.30. The summed E-state index contributed by atoms with van der Waals surface area (Å²) in [7, 11) is 0. The summed E-state index contributed by atoms with van der Waals surface area (Å²) in [6, 6.07) is 7.20. The van der Waals surface area contributed by atoms with Gasteiger partial charge in [0, 0.05) is 37.9 Å². The number of pyridine rings is 1. The van der Waals surface area contributed by atoms with E-state index in [-0.39, 0.29) is 24.0 Å². The Hall–Kier alpha value is -1.42. The van der Waals surface area contributed by atoms with E-state index in [9.17, 15) is 0 Å². The quantitative estimate of drug-likeness (QED) is 0.389. The molecular weight excluding hydrogens is 453 g/mol. The smallest absolute Gasteiger partial charge is 0.191 e. The molecule has 1 unspecified atom stereocenters. The van der Waals surface area contributed by atoms with E-state index < -0.39 is 0 Å². The lowest BCUT2D eigenvalue weighted by molar-refractivity contribution is 0.242. The molecule has 0 aromatic carbocycles. The third kappa shape index (κ3) is 4.90. The maximum Gasteiger partial charge on any atom is 0.191 e. The molecule has 0 bridgehead atoms. The number of guanidine groups is 1. The van der Waals surface area contributed by atoms with Crippen molar-refractivity contribution in [1.82, 2.24) is 30.1 Å². The van der Waals surface area contributed by atoms with Gasteiger partial charge in [-0.2, -0.15) is 0 Å². The molecule has 1 aliphatic carbocycles. The van der Waals surface area contributed by atoms with Crippen LogP contribution >= 0.6 is 24.0 Å². The van der Waals surface area contributed by atoms with Crippen LogP contribution in [-0.4, -0.2) is 57.2 Å². The van der Waals surface area contributed by atoms with Gasteiger partial charge in [-0.25, -0.2) is 4.99 Å². The molecule has 27 heavy (non-hydrogen) atoms. The lowest BCUT2D eigenvalue weighted by Gasteiger charge is -2.24. The molecule has 0 amide bonds. The number of hydrogen-bond donors (Lipinski definition) is 2. The summed E-state index contributed by atoms with van der Waals surface area (Å²) in [5.74, 6) is 1.73. The fourth-order valence-electron chi connectivity index (χ4n) is 4.17. The average Bonchev–Trinajstić information content (AvgIpc) is 3.40. The first-order valence-electron chi connectivity index (χ1n) is 9.91. The fourth-order valence-corrected chi connectivity index (χ4v) is 4.17. The van der Waals surface area contributed by atoms with Crippen molar-refractivity contribution >= 4 is 35.6 Å². The SMILES string of the molecule is CCNC(=NCc1nnc2ccccn12)NC1CCN(C2CCCC2)C1.I. The molecule has 3 heterocycles. The van der Waals surface area contributed by atoms with E-state index in [0.29, 0.717) is 12.6 Å². The van der Waals surface area contributed by atoms with E-state index in [0.717, 1.165) is 36.6 Å². The molecule has 0 spiro atoms. The highest BCUT2D eigenvalue weighted by Gasteiger charge is 2.30. The number of likely N-dealkylation sites (tertiary alicyclic amines) is 1. The van der Waals surface area contributed by atoms with Gasteiger partial charge in [0.1, 0.15) is 6.54 Å². The van der Waals surface area contributed by atoms with Crippen molar-refractivity contribution in [2.24, 2.45) is 4.99 Å². The molecule has 7 nitrogen and oxygen atoms in total. The molecule has 2 fully saturated rings. The Bertz CT molecular complexity index is 753. The zero-order valence-electron chi connectivity index (χ0n) is 16.0. The fraction of sp³-hybridized carbons (Fsp3) is 0.632. The van der Waals surface area contributed by atoms with Gasteiger partial charge in [-0.15, -0.1) is 34.2 Å². The zero-order chi connectivity index (χ0) is 17.8. The van der Waals surface area contributed by atoms with E-state index in [1.54, 1.807) is 0 Å². The molecule has 1 aliphatic heterocycles. The number of aliphatic imine (C=N–C) groups is 1. The van der Waals surface area contributed by atoms with Gasteiger partial charge >= 0.3 is 0 Å². The average molecular weight is 483 g/mol. The van der Waals surface area contributed by atoms with Gasteiger partial charge in [0.05, 0.1) is 0 Å². The minimum absolute atomic E-state index is 0. The van der Waals surface area contributed by atoms with Crippen LogP contribution in [-0.2, 0) is 6.54 Å². The molecule has 148 valence electrons. The largest absolute Gasteiger partial charge is 0.357 e. The van der Waals surface area contributed by atoms with E-state index in [1.165, 1.54) is 38.6 Å². The molecule has 0 radical (unpaired) electrons. The van der Waals surface area contributed by atoms with Gasteiger partial charge in [-0.3, -0.25) is 9.30 Å². The molecule has 2 aliphatic rings. The summed E-state index contributed by atoms with van der Waals surface area (Å²) < 4.78 is 1.99.